The quantitative estimate of drug-likeness (QED) is 0.827. The largest absolute Gasteiger partial charge is 0.450 e. The number of amides is 2. The van der Waals surface area contributed by atoms with Crippen molar-refractivity contribution in [2.75, 3.05) is 39.5 Å². The van der Waals surface area contributed by atoms with E-state index in [9.17, 15) is 9.59 Å². The van der Waals surface area contributed by atoms with Gasteiger partial charge in [0.25, 0.3) is 0 Å². The summed E-state index contributed by atoms with van der Waals surface area (Å²) in [6.07, 6.45) is 4.38. The number of rotatable bonds is 4. The van der Waals surface area contributed by atoms with Crippen LogP contribution in [0, 0.1) is 0 Å². The number of ether oxygens (including phenoxy) is 2. The van der Waals surface area contributed by atoms with E-state index in [4.69, 9.17) is 9.47 Å². The van der Waals surface area contributed by atoms with Crippen molar-refractivity contribution in [2.24, 2.45) is 0 Å². The number of nitrogens with zero attached hydrogens (tertiary/aromatic N) is 2. The highest BCUT2D eigenvalue weighted by Gasteiger charge is 2.40. The fraction of sp³-hybridized carbons (Fsp3) is 0.882. The predicted molar refractivity (Wildman–Crippen MR) is 88.7 cm³/mol. The average Bonchev–Trinajstić information content (AvgIpc) is 2.97. The third-order valence-corrected chi connectivity index (χ3v) is 5.33. The third kappa shape index (κ3) is 4.00. The second kappa shape index (κ2) is 8.16. The molecule has 0 aromatic heterocycles. The lowest BCUT2D eigenvalue weighted by molar-refractivity contribution is -0.136. The fourth-order valence-electron chi connectivity index (χ4n) is 4.13. The second-order valence-corrected chi connectivity index (χ2v) is 6.88. The summed E-state index contributed by atoms with van der Waals surface area (Å²) < 4.78 is 10.4. The van der Waals surface area contributed by atoms with Gasteiger partial charge in [0, 0.05) is 38.4 Å². The summed E-state index contributed by atoms with van der Waals surface area (Å²) in [5.74, 6) is 0.263. The number of hydrogen-bond acceptors (Lipinski definition) is 5. The summed E-state index contributed by atoms with van der Waals surface area (Å²) in [7, 11) is 0. The number of carbonyl (C=O) groups excluding carboxylic acids is 2. The number of piperidine rings is 1. The van der Waals surface area contributed by atoms with Gasteiger partial charge in [-0.15, -0.1) is 0 Å². The molecule has 3 heterocycles. The van der Waals surface area contributed by atoms with Crippen molar-refractivity contribution in [3.05, 3.63) is 0 Å². The highest BCUT2D eigenvalue weighted by atomic mass is 16.5. The first-order valence-corrected chi connectivity index (χ1v) is 9.24. The molecule has 0 aromatic rings. The van der Waals surface area contributed by atoms with Crippen LogP contribution < -0.4 is 5.32 Å². The van der Waals surface area contributed by atoms with E-state index in [0.29, 0.717) is 12.6 Å². The minimum absolute atomic E-state index is 0.0281. The molecule has 24 heavy (non-hydrogen) atoms. The summed E-state index contributed by atoms with van der Waals surface area (Å²) >= 11 is 0. The maximum absolute atomic E-state index is 12.9. The van der Waals surface area contributed by atoms with E-state index in [0.717, 1.165) is 65.0 Å². The van der Waals surface area contributed by atoms with Gasteiger partial charge in [0.15, 0.2) is 0 Å². The summed E-state index contributed by atoms with van der Waals surface area (Å²) in [5.41, 5.74) is 0. The van der Waals surface area contributed by atoms with Crippen LogP contribution in [0.15, 0.2) is 0 Å². The maximum atomic E-state index is 12.9. The summed E-state index contributed by atoms with van der Waals surface area (Å²) in [4.78, 5) is 28.8. The zero-order chi connectivity index (χ0) is 16.9. The molecule has 3 saturated heterocycles. The van der Waals surface area contributed by atoms with Crippen molar-refractivity contribution in [1.82, 2.24) is 15.1 Å². The Hall–Kier alpha value is -1.34. The zero-order valence-electron chi connectivity index (χ0n) is 14.5. The molecule has 7 heteroatoms. The molecule has 2 amide bonds. The third-order valence-electron chi connectivity index (χ3n) is 5.33. The molecule has 0 saturated carbocycles. The number of nitrogens with one attached hydrogen (secondary N) is 1. The van der Waals surface area contributed by atoms with Gasteiger partial charge >= 0.3 is 6.09 Å². The lowest BCUT2D eigenvalue weighted by atomic mass is 10.0. The van der Waals surface area contributed by atoms with Gasteiger partial charge in [0.2, 0.25) is 5.91 Å². The Bertz CT molecular complexity index is 453. The molecule has 0 radical (unpaired) electrons. The van der Waals surface area contributed by atoms with Gasteiger partial charge in [-0.1, -0.05) is 0 Å². The Kier molecular flexibility index (Phi) is 5.94. The van der Waals surface area contributed by atoms with Crippen molar-refractivity contribution in [3.63, 3.8) is 0 Å². The molecule has 0 aliphatic carbocycles. The topological polar surface area (TPSA) is 71.1 Å². The van der Waals surface area contributed by atoms with Crippen LogP contribution in [-0.4, -0.2) is 79.4 Å². The van der Waals surface area contributed by atoms with Gasteiger partial charge in [-0.3, -0.25) is 9.69 Å². The van der Waals surface area contributed by atoms with Crippen LogP contribution in [0.1, 0.15) is 39.0 Å². The molecule has 3 rings (SSSR count). The number of hydrogen-bond donors (Lipinski definition) is 1. The van der Waals surface area contributed by atoms with Gasteiger partial charge in [-0.2, -0.15) is 0 Å². The summed E-state index contributed by atoms with van der Waals surface area (Å²) in [5, 5.41) is 2.92. The minimum atomic E-state index is -0.356. The average molecular weight is 339 g/mol. The monoisotopic (exact) mass is 339 g/mol. The molecule has 136 valence electrons. The van der Waals surface area contributed by atoms with E-state index in [1.165, 1.54) is 0 Å². The van der Waals surface area contributed by atoms with E-state index in [2.05, 4.69) is 15.1 Å². The van der Waals surface area contributed by atoms with E-state index in [1.807, 2.05) is 0 Å². The number of carbonyl (C=O) groups is 2. The van der Waals surface area contributed by atoms with Crippen LogP contribution in [0.2, 0.25) is 0 Å². The van der Waals surface area contributed by atoms with Crippen LogP contribution in [-0.2, 0) is 14.3 Å². The molecule has 0 spiro atoms. The molecule has 0 aromatic carbocycles. The normalized spacial score (nSPS) is 29.7. The molecule has 1 N–H and O–H groups in total. The van der Waals surface area contributed by atoms with Crippen molar-refractivity contribution in [2.45, 2.75) is 57.2 Å². The fourth-order valence-corrected chi connectivity index (χ4v) is 4.13. The van der Waals surface area contributed by atoms with Gasteiger partial charge in [0.1, 0.15) is 0 Å². The van der Waals surface area contributed by atoms with Crippen molar-refractivity contribution < 1.29 is 19.1 Å². The Labute approximate surface area is 143 Å². The van der Waals surface area contributed by atoms with Crippen molar-refractivity contribution >= 4 is 12.0 Å². The number of alkyl carbamates (subject to hydrolysis) is 1. The predicted octanol–water partition coefficient (Wildman–Crippen LogP) is 0.977. The smallest absolute Gasteiger partial charge is 0.407 e. The molecular formula is C17H29N3O4. The molecule has 0 bridgehead atoms. The van der Waals surface area contributed by atoms with Crippen LogP contribution in [0.25, 0.3) is 0 Å². The molecule has 0 unspecified atom stereocenters. The summed E-state index contributed by atoms with van der Waals surface area (Å²) in [6, 6.07) is 0.386. The van der Waals surface area contributed by atoms with E-state index in [1.54, 1.807) is 6.92 Å². The summed E-state index contributed by atoms with van der Waals surface area (Å²) in [6.45, 7) is 6.21. The van der Waals surface area contributed by atoms with Crippen molar-refractivity contribution in [3.8, 4) is 0 Å². The van der Waals surface area contributed by atoms with E-state index >= 15 is 0 Å². The van der Waals surface area contributed by atoms with Gasteiger partial charge < -0.3 is 19.7 Å². The maximum Gasteiger partial charge on any atom is 0.407 e. The first kappa shape index (κ1) is 17.5. The lowest BCUT2D eigenvalue weighted by Crippen LogP contribution is -2.53. The minimum Gasteiger partial charge on any atom is -0.450 e. The molecule has 3 fully saturated rings. The zero-order valence-corrected chi connectivity index (χ0v) is 14.5. The van der Waals surface area contributed by atoms with E-state index in [-0.39, 0.29) is 24.1 Å². The van der Waals surface area contributed by atoms with Crippen LogP contribution in [0.4, 0.5) is 4.79 Å². The molecule has 3 aliphatic rings. The Morgan fingerprint density at radius 1 is 1.25 bits per heavy atom. The SMILES string of the molecule is CCOC(=O)N[C@@H]1CCCN([C@H]2CCN(C3CCOCC3)C2=O)C1. The number of likely N-dealkylation sites (tertiary alicyclic amines) is 2. The van der Waals surface area contributed by atoms with Crippen LogP contribution in [0.5, 0.6) is 0 Å². The van der Waals surface area contributed by atoms with Crippen LogP contribution >= 0.6 is 0 Å². The Morgan fingerprint density at radius 2 is 2.04 bits per heavy atom. The molecule has 3 aliphatic heterocycles. The molecule has 7 nitrogen and oxygen atoms in total. The Balaban J connectivity index is 1.54. The first-order chi connectivity index (χ1) is 11.7. The highest BCUT2D eigenvalue weighted by molar-refractivity contribution is 5.84. The highest BCUT2D eigenvalue weighted by Crippen LogP contribution is 2.26. The second-order valence-electron chi connectivity index (χ2n) is 6.88. The van der Waals surface area contributed by atoms with Crippen LogP contribution in [0.3, 0.4) is 0 Å². The Morgan fingerprint density at radius 3 is 2.79 bits per heavy atom. The molecular weight excluding hydrogens is 310 g/mol. The van der Waals surface area contributed by atoms with Gasteiger partial charge in [0.05, 0.1) is 12.6 Å². The van der Waals surface area contributed by atoms with Crippen molar-refractivity contribution in [1.29, 1.82) is 0 Å². The molecule has 2 atom stereocenters. The lowest BCUT2D eigenvalue weighted by Gasteiger charge is -2.37. The van der Waals surface area contributed by atoms with Gasteiger partial charge in [-0.25, -0.2) is 4.79 Å². The van der Waals surface area contributed by atoms with E-state index < -0.39 is 0 Å². The standard InChI is InChI=1S/C17H29N3O4/c1-2-24-17(22)18-13-4-3-8-19(12-13)15-5-9-20(16(15)21)14-6-10-23-11-7-14/h13-15H,2-12H2,1H3,(H,18,22)/t13-,15+/m1/s1. The van der Waals surface area contributed by atoms with Gasteiger partial charge in [-0.05, 0) is 45.6 Å². The first-order valence-electron chi connectivity index (χ1n) is 9.24.